The summed E-state index contributed by atoms with van der Waals surface area (Å²) in [6.07, 6.45) is 0.0512. The number of benzene rings is 1. The molecule has 8 heteroatoms. The molecular weight excluding hydrogens is 404 g/mol. The molecule has 2 rings (SSSR count). The van der Waals surface area contributed by atoms with Crippen LogP contribution >= 0.6 is 31.9 Å². The van der Waals surface area contributed by atoms with Crippen LogP contribution in [0.5, 0.6) is 5.75 Å². The average molecular weight is 414 g/mol. The predicted molar refractivity (Wildman–Crippen MR) is 76.5 cm³/mol. The van der Waals surface area contributed by atoms with Gasteiger partial charge in [0.15, 0.2) is 9.84 Å². The molecule has 0 bridgehead atoms. The molecule has 0 amide bonds. The third-order valence-electron chi connectivity index (χ3n) is 2.72. The van der Waals surface area contributed by atoms with E-state index in [0.717, 1.165) is 0 Å². The summed E-state index contributed by atoms with van der Waals surface area (Å²) < 4.78 is 29.3. The van der Waals surface area contributed by atoms with Crippen molar-refractivity contribution in [2.24, 2.45) is 0 Å². The fraction of sp³-hybridized carbons (Fsp3) is 0.364. The number of carbonyl (C=O) groups is 1. The molecule has 0 aliphatic carbocycles. The molecule has 1 N–H and O–H groups in total. The molecule has 1 aromatic carbocycles. The zero-order chi connectivity index (χ0) is 14.2. The van der Waals surface area contributed by atoms with E-state index in [0.29, 0.717) is 21.1 Å². The number of ether oxygens (including phenoxy) is 1. The van der Waals surface area contributed by atoms with Crippen molar-refractivity contribution >= 4 is 47.7 Å². The molecule has 0 spiro atoms. The summed E-state index contributed by atoms with van der Waals surface area (Å²) in [6.45, 7) is 0. The van der Waals surface area contributed by atoms with Crippen molar-refractivity contribution in [2.45, 2.75) is 12.5 Å². The topological polar surface area (TPSA) is 80.7 Å². The van der Waals surface area contributed by atoms with E-state index in [1.54, 1.807) is 0 Å². The van der Waals surface area contributed by atoms with Crippen LogP contribution in [-0.2, 0) is 9.84 Å². The van der Waals surface area contributed by atoms with Gasteiger partial charge in [-0.2, -0.15) is 0 Å². The molecule has 0 aromatic heterocycles. The maximum absolute atomic E-state index is 11.4. The van der Waals surface area contributed by atoms with Crippen molar-refractivity contribution in [1.82, 2.24) is 0 Å². The van der Waals surface area contributed by atoms with E-state index in [9.17, 15) is 13.2 Å². The molecular formula is C11H10Br2O5S. The molecule has 5 nitrogen and oxygen atoms in total. The van der Waals surface area contributed by atoms with Crippen LogP contribution in [0.3, 0.4) is 0 Å². The van der Waals surface area contributed by atoms with Crippen LogP contribution in [0, 0.1) is 0 Å². The molecule has 1 atom stereocenters. The van der Waals surface area contributed by atoms with Gasteiger partial charge in [-0.1, -0.05) is 0 Å². The molecule has 0 radical (unpaired) electrons. The van der Waals surface area contributed by atoms with Gasteiger partial charge in [-0.15, -0.1) is 0 Å². The summed E-state index contributed by atoms with van der Waals surface area (Å²) in [4.78, 5) is 10.9. The molecule has 1 aliphatic heterocycles. The Balaban J connectivity index is 2.24. The first-order valence-electron chi connectivity index (χ1n) is 5.38. The Labute approximate surface area is 127 Å². The highest BCUT2D eigenvalue weighted by atomic mass is 79.9. The van der Waals surface area contributed by atoms with Crippen molar-refractivity contribution in [3.8, 4) is 5.75 Å². The van der Waals surface area contributed by atoms with Crippen molar-refractivity contribution in [2.75, 3.05) is 11.5 Å². The van der Waals surface area contributed by atoms with Gasteiger partial charge < -0.3 is 9.84 Å². The minimum absolute atomic E-state index is 0.00738. The van der Waals surface area contributed by atoms with Crippen LogP contribution in [0.4, 0.5) is 0 Å². The van der Waals surface area contributed by atoms with Gasteiger partial charge in [0.2, 0.25) is 0 Å². The van der Waals surface area contributed by atoms with Crippen LogP contribution in [0.2, 0.25) is 0 Å². The smallest absolute Gasteiger partial charge is 0.335 e. The molecule has 1 aromatic rings. The molecule has 1 heterocycles. The second-order valence-corrected chi connectivity index (χ2v) is 8.15. The normalized spacial score (nSPS) is 21.3. The van der Waals surface area contributed by atoms with E-state index < -0.39 is 21.9 Å². The van der Waals surface area contributed by atoms with Crippen LogP contribution in [0.15, 0.2) is 21.1 Å². The Kier molecular flexibility index (Phi) is 4.22. The summed E-state index contributed by atoms with van der Waals surface area (Å²) in [5.41, 5.74) is 0.116. The highest BCUT2D eigenvalue weighted by molar-refractivity contribution is 9.11. The number of aromatic carboxylic acids is 1. The van der Waals surface area contributed by atoms with Gasteiger partial charge in [-0.25, -0.2) is 13.2 Å². The number of carboxylic acid groups (broad SMARTS) is 1. The van der Waals surface area contributed by atoms with Crippen LogP contribution in [0.1, 0.15) is 16.8 Å². The Bertz CT molecular complexity index is 603. The zero-order valence-electron chi connectivity index (χ0n) is 9.60. The van der Waals surface area contributed by atoms with E-state index in [1.807, 2.05) is 0 Å². The first kappa shape index (κ1) is 14.8. The number of hydrogen-bond donors (Lipinski definition) is 1. The Morgan fingerprint density at radius 2 is 1.89 bits per heavy atom. The maximum Gasteiger partial charge on any atom is 0.335 e. The molecule has 1 fully saturated rings. The summed E-state index contributed by atoms with van der Waals surface area (Å²) in [7, 11) is -3.01. The first-order chi connectivity index (χ1) is 8.78. The van der Waals surface area contributed by atoms with Crippen molar-refractivity contribution in [1.29, 1.82) is 0 Å². The van der Waals surface area contributed by atoms with Crippen LogP contribution in [-0.4, -0.2) is 37.1 Å². The second-order valence-electron chi connectivity index (χ2n) is 4.22. The average Bonchev–Trinajstić information content (AvgIpc) is 2.63. The minimum atomic E-state index is -3.01. The molecule has 1 saturated heterocycles. The Hall–Kier alpha value is -0.600. The third kappa shape index (κ3) is 3.49. The van der Waals surface area contributed by atoms with E-state index >= 15 is 0 Å². The molecule has 1 unspecified atom stereocenters. The van der Waals surface area contributed by atoms with E-state index in [4.69, 9.17) is 9.84 Å². The summed E-state index contributed by atoms with van der Waals surface area (Å²) >= 11 is 6.47. The van der Waals surface area contributed by atoms with E-state index in [-0.39, 0.29) is 17.1 Å². The highest BCUT2D eigenvalue weighted by Crippen LogP contribution is 2.36. The van der Waals surface area contributed by atoms with Gasteiger partial charge >= 0.3 is 5.97 Å². The number of carboxylic acids is 1. The number of rotatable bonds is 3. The van der Waals surface area contributed by atoms with Gasteiger partial charge in [0, 0.05) is 0 Å². The lowest BCUT2D eigenvalue weighted by Gasteiger charge is -2.15. The lowest BCUT2D eigenvalue weighted by molar-refractivity contribution is 0.0696. The van der Waals surface area contributed by atoms with Crippen molar-refractivity contribution < 1.29 is 23.1 Å². The number of hydrogen-bond acceptors (Lipinski definition) is 4. The lowest BCUT2D eigenvalue weighted by atomic mass is 10.2. The van der Waals surface area contributed by atoms with Crippen molar-refractivity contribution in [3.05, 3.63) is 26.6 Å². The minimum Gasteiger partial charge on any atom is -0.487 e. The fourth-order valence-electron chi connectivity index (χ4n) is 1.82. The SMILES string of the molecule is O=C(O)c1cc(Br)c(OC2CCS(=O)(=O)C2)c(Br)c1. The zero-order valence-corrected chi connectivity index (χ0v) is 13.6. The first-order valence-corrected chi connectivity index (χ1v) is 8.78. The largest absolute Gasteiger partial charge is 0.487 e. The van der Waals surface area contributed by atoms with Gasteiger partial charge in [-0.05, 0) is 50.4 Å². The highest BCUT2D eigenvalue weighted by Gasteiger charge is 2.30. The van der Waals surface area contributed by atoms with E-state index in [2.05, 4.69) is 31.9 Å². The van der Waals surface area contributed by atoms with Crippen LogP contribution < -0.4 is 4.74 Å². The molecule has 19 heavy (non-hydrogen) atoms. The van der Waals surface area contributed by atoms with Gasteiger partial charge in [-0.3, -0.25) is 0 Å². The monoisotopic (exact) mass is 412 g/mol. The quantitative estimate of drug-likeness (QED) is 0.823. The lowest BCUT2D eigenvalue weighted by Crippen LogP contribution is -2.18. The van der Waals surface area contributed by atoms with Crippen molar-refractivity contribution in [3.63, 3.8) is 0 Å². The Morgan fingerprint density at radius 3 is 2.32 bits per heavy atom. The maximum atomic E-state index is 11.4. The molecule has 0 saturated carbocycles. The van der Waals surface area contributed by atoms with E-state index in [1.165, 1.54) is 12.1 Å². The molecule has 104 valence electrons. The number of halogens is 2. The summed E-state index contributed by atoms with van der Waals surface area (Å²) in [5, 5.41) is 8.92. The molecule has 1 aliphatic rings. The summed E-state index contributed by atoms with van der Waals surface area (Å²) in [6, 6.07) is 2.84. The predicted octanol–water partition coefficient (Wildman–Crippen LogP) is 2.48. The Morgan fingerprint density at radius 1 is 1.32 bits per heavy atom. The number of sulfone groups is 1. The van der Waals surface area contributed by atoms with Gasteiger partial charge in [0.1, 0.15) is 11.9 Å². The van der Waals surface area contributed by atoms with Crippen LogP contribution in [0.25, 0.3) is 0 Å². The standard InChI is InChI=1S/C11H10Br2O5S/c12-8-3-6(11(14)15)4-9(13)10(8)18-7-1-2-19(16,17)5-7/h3-4,7H,1-2,5H2,(H,14,15). The summed E-state index contributed by atoms with van der Waals surface area (Å²) in [5.74, 6) is -0.504. The van der Waals surface area contributed by atoms with Gasteiger partial charge in [0.25, 0.3) is 0 Å². The van der Waals surface area contributed by atoms with Gasteiger partial charge in [0.05, 0.1) is 26.0 Å². The second kappa shape index (κ2) is 5.41. The third-order valence-corrected chi connectivity index (χ3v) is 5.64. The fourth-order valence-corrected chi connectivity index (χ4v) is 4.78.